The van der Waals surface area contributed by atoms with Crippen LogP contribution in [0.2, 0.25) is 0 Å². The predicted molar refractivity (Wildman–Crippen MR) is 146 cm³/mol. The summed E-state index contributed by atoms with van der Waals surface area (Å²) in [4.78, 5) is 44.4. The zero-order valence-electron chi connectivity index (χ0n) is 22.5. The average Bonchev–Trinajstić information content (AvgIpc) is 2.90. The van der Waals surface area contributed by atoms with E-state index in [1.54, 1.807) is 0 Å². The Morgan fingerprint density at radius 3 is 1.31 bits per heavy atom. The minimum absolute atomic E-state index is 0. The van der Waals surface area contributed by atoms with E-state index in [2.05, 4.69) is 0 Å². The molecule has 2 aliphatic heterocycles. The van der Waals surface area contributed by atoms with Gasteiger partial charge in [-0.3, -0.25) is 29.0 Å². The Bertz CT molecular complexity index is 850. The number of rotatable bonds is 15. The van der Waals surface area contributed by atoms with E-state index >= 15 is 0 Å². The molecular weight excluding hydrogens is 642 g/mol. The van der Waals surface area contributed by atoms with Crippen molar-refractivity contribution in [2.45, 2.75) is 61.4 Å². The Morgan fingerprint density at radius 1 is 0.556 bits per heavy atom. The van der Waals surface area contributed by atoms with Crippen LogP contribution in [0.4, 0.5) is 0 Å². The van der Waals surface area contributed by atoms with Gasteiger partial charge in [-0.1, -0.05) is 0 Å². The third kappa shape index (κ3) is 15.9. The van der Waals surface area contributed by atoms with Crippen LogP contribution in [-0.4, -0.2) is 268 Å². The zero-order valence-corrected chi connectivity index (χ0v) is 22.5. The fourth-order valence-corrected chi connectivity index (χ4v) is 4.05. The summed E-state index contributed by atoms with van der Waals surface area (Å²) < 4.78 is 15.3. The molecule has 2 aliphatic rings. The summed E-state index contributed by atoms with van der Waals surface area (Å²) in [6, 6.07) is 0. The molecule has 0 saturated carbocycles. The number of carboxylic acids is 4. The Morgan fingerprint density at radius 2 is 0.956 bits per heavy atom. The Hall–Kier alpha value is -0.640. The number of aliphatic carboxylic acids is 4. The van der Waals surface area contributed by atoms with Gasteiger partial charge in [0.25, 0.3) is 0 Å². The minimum atomic E-state index is -1.74. The number of carbonyl (C=O) groups is 4. The average molecular weight is 683 g/mol. The summed E-state index contributed by atoms with van der Waals surface area (Å²) in [6.07, 6.45) is -15.6. The van der Waals surface area contributed by atoms with Crippen LogP contribution >= 0.6 is 0 Å². The third-order valence-electron chi connectivity index (χ3n) is 6.15. The van der Waals surface area contributed by atoms with Crippen LogP contribution < -0.4 is 0 Å². The number of nitrogens with zero attached hydrogens (tertiary/aromatic N) is 2. The van der Waals surface area contributed by atoms with E-state index in [0.29, 0.717) is 0 Å². The summed E-state index contributed by atoms with van der Waals surface area (Å²) in [6.45, 7) is -3.60. The summed E-state index contributed by atoms with van der Waals surface area (Å²) >= 11 is 0. The van der Waals surface area contributed by atoms with Gasteiger partial charge in [-0.05, 0) is 0 Å². The SMILES string of the molecule is O=C(O)CN(CCN(CC(=O)O)CC(=O)O)CC(=O)O.OC[C@H]1O[C@@H](O[C@H]2[C@H](O)[C@@H](O)[C@H](O)O[C@@H]2CO)[C@H](O)[C@@H](O)[C@H]1O.[NaH].[NaH]. The van der Waals surface area contributed by atoms with Gasteiger partial charge in [0.1, 0.15) is 48.8 Å². The van der Waals surface area contributed by atoms with Crippen molar-refractivity contribution >= 4 is 83.0 Å². The van der Waals surface area contributed by atoms with Crippen LogP contribution in [0.1, 0.15) is 0 Å². The van der Waals surface area contributed by atoms with Crippen LogP contribution in [0.3, 0.4) is 0 Å². The van der Waals surface area contributed by atoms with Crippen molar-refractivity contribution < 1.29 is 94.7 Å². The van der Waals surface area contributed by atoms with E-state index in [4.69, 9.17) is 39.7 Å². The fraction of sp³-hybridized carbons (Fsp3) is 0.818. The van der Waals surface area contributed by atoms with Crippen LogP contribution in [0.5, 0.6) is 0 Å². The molecular formula is C22H40N2Na2O19. The van der Waals surface area contributed by atoms with Gasteiger partial charge < -0.3 is 75.5 Å². The maximum absolute atomic E-state index is 10.6. The second-order valence-electron chi connectivity index (χ2n) is 9.52. The van der Waals surface area contributed by atoms with E-state index < -0.39 is 125 Å². The number of hydrogen-bond acceptors (Lipinski definition) is 17. The molecule has 0 aliphatic carbocycles. The summed E-state index contributed by atoms with van der Waals surface area (Å²) in [5.41, 5.74) is 0. The van der Waals surface area contributed by atoms with Gasteiger partial charge in [-0.25, -0.2) is 0 Å². The first-order chi connectivity index (χ1) is 20.0. The van der Waals surface area contributed by atoms with Crippen LogP contribution in [0.15, 0.2) is 0 Å². The molecule has 254 valence electrons. The van der Waals surface area contributed by atoms with Gasteiger partial charge in [0.2, 0.25) is 0 Å². The van der Waals surface area contributed by atoms with Crippen molar-refractivity contribution in [3.05, 3.63) is 0 Å². The second-order valence-corrected chi connectivity index (χ2v) is 9.52. The molecule has 12 N–H and O–H groups in total. The molecule has 0 aromatic rings. The molecule has 0 bridgehead atoms. The topological polar surface area (TPSA) is 345 Å². The first-order valence-corrected chi connectivity index (χ1v) is 12.6. The number of aliphatic hydroxyl groups excluding tert-OH is 8. The number of aliphatic hydroxyl groups is 8. The van der Waals surface area contributed by atoms with Crippen molar-refractivity contribution in [1.29, 1.82) is 0 Å². The molecule has 0 amide bonds. The van der Waals surface area contributed by atoms with Gasteiger partial charge in [0.05, 0.1) is 39.4 Å². The quantitative estimate of drug-likeness (QED) is 0.0713. The van der Waals surface area contributed by atoms with Gasteiger partial charge in [-0.2, -0.15) is 0 Å². The molecule has 2 saturated heterocycles. The second kappa shape index (κ2) is 22.8. The molecule has 0 spiro atoms. The van der Waals surface area contributed by atoms with Gasteiger partial charge in [-0.15, -0.1) is 0 Å². The first kappa shape index (κ1) is 46.5. The summed E-state index contributed by atoms with van der Waals surface area (Å²) in [5, 5.41) is 111. The molecule has 10 atom stereocenters. The third-order valence-corrected chi connectivity index (χ3v) is 6.15. The van der Waals surface area contributed by atoms with Crippen molar-refractivity contribution in [2.75, 3.05) is 52.5 Å². The van der Waals surface area contributed by atoms with E-state index in [-0.39, 0.29) is 72.2 Å². The Balaban J connectivity index is 0. The number of hydrogen-bond donors (Lipinski definition) is 12. The molecule has 0 unspecified atom stereocenters. The van der Waals surface area contributed by atoms with Crippen molar-refractivity contribution in [3.8, 4) is 0 Å². The van der Waals surface area contributed by atoms with E-state index in [1.165, 1.54) is 0 Å². The molecule has 2 rings (SSSR count). The number of carboxylic acid groups (broad SMARTS) is 4. The molecule has 0 aromatic heterocycles. The molecule has 0 radical (unpaired) electrons. The van der Waals surface area contributed by atoms with Gasteiger partial charge in [0.15, 0.2) is 12.6 Å². The van der Waals surface area contributed by atoms with Crippen LogP contribution in [0.25, 0.3) is 0 Å². The molecule has 21 nitrogen and oxygen atoms in total. The molecule has 0 aromatic carbocycles. The van der Waals surface area contributed by atoms with Gasteiger partial charge in [0, 0.05) is 13.1 Å². The van der Waals surface area contributed by atoms with Crippen molar-refractivity contribution in [1.82, 2.24) is 9.80 Å². The summed E-state index contributed by atoms with van der Waals surface area (Å²) in [5.74, 6) is -4.91. The van der Waals surface area contributed by atoms with E-state index in [9.17, 15) is 54.9 Å². The zero-order chi connectivity index (χ0) is 33.0. The van der Waals surface area contributed by atoms with Crippen molar-refractivity contribution in [3.63, 3.8) is 0 Å². The standard InChI is InChI=1S/C12H22O11.C10H16N2O8.2Na.2H/c13-1-3-5(15)6(16)9(19)12(22-3)23-10-4(2-14)21-11(20)8(18)7(10)17;13-7(14)3-11(4-8(15)16)1-2-12(5-9(17)18)6-10(19)20;;;;/h3-20H,1-2H2;1-6H2,(H,13,14)(H,15,16)(H,17,18)(H,19,20);;;;/t3-,4-,5+,6+,7-,8-,9-,10-,11-,12+;;;;;/m1...../s1. The molecule has 2 fully saturated rings. The molecule has 23 heteroatoms. The maximum atomic E-state index is 10.6. The molecule has 2 heterocycles. The Kier molecular flexibility index (Phi) is 23.6. The monoisotopic (exact) mass is 682 g/mol. The van der Waals surface area contributed by atoms with E-state index in [1.807, 2.05) is 0 Å². The number of ether oxygens (including phenoxy) is 3. The Labute approximate surface area is 299 Å². The predicted octanol–water partition coefficient (Wildman–Crippen LogP) is -8.77. The van der Waals surface area contributed by atoms with E-state index in [0.717, 1.165) is 9.80 Å². The van der Waals surface area contributed by atoms with Crippen LogP contribution in [-0.2, 0) is 33.4 Å². The molecule has 45 heavy (non-hydrogen) atoms. The van der Waals surface area contributed by atoms with Crippen LogP contribution in [0, 0.1) is 0 Å². The van der Waals surface area contributed by atoms with Crippen molar-refractivity contribution in [2.24, 2.45) is 0 Å². The fourth-order valence-electron chi connectivity index (χ4n) is 4.05. The first-order valence-electron chi connectivity index (χ1n) is 12.6. The van der Waals surface area contributed by atoms with Gasteiger partial charge >= 0.3 is 83.0 Å². The normalized spacial score (nSPS) is 31.2. The summed E-state index contributed by atoms with van der Waals surface area (Å²) in [7, 11) is 0.